The Bertz CT molecular complexity index is 1120. The lowest BCUT2D eigenvalue weighted by Gasteiger charge is -2.23. The monoisotopic (exact) mass is 423 g/mol. The number of hydrogen-bond acceptors (Lipinski definition) is 5. The van der Waals surface area contributed by atoms with Gasteiger partial charge in [-0.1, -0.05) is 41.9 Å². The minimum Gasteiger partial charge on any atom is -0.496 e. The fraction of sp³-hybridized carbons (Fsp3) is 0.143. The SMILES string of the molecule is COc1ccccc1/C=C/C(=O)Nc1nc2n(n1)[C@H](c1ccc(Cl)cc1)CC(=O)N2. The summed E-state index contributed by atoms with van der Waals surface area (Å²) in [5.74, 6) is 0.448. The van der Waals surface area contributed by atoms with Crippen molar-refractivity contribution in [1.82, 2.24) is 14.8 Å². The van der Waals surface area contributed by atoms with Gasteiger partial charge in [-0.3, -0.25) is 20.2 Å². The van der Waals surface area contributed by atoms with Gasteiger partial charge in [-0.25, -0.2) is 4.68 Å². The Morgan fingerprint density at radius 1 is 1.27 bits per heavy atom. The molecule has 9 heteroatoms. The van der Waals surface area contributed by atoms with Crippen LogP contribution in [0.25, 0.3) is 6.08 Å². The summed E-state index contributed by atoms with van der Waals surface area (Å²) >= 11 is 5.96. The number of aromatic nitrogens is 3. The summed E-state index contributed by atoms with van der Waals surface area (Å²) in [6, 6.07) is 14.2. The molecule has 1 atom stereocenters. The van der Waals surface area contributed by atoms with E-state index < -0.39 is 5.91 Å². The maximum atomic E-state index is 12.3. The normalized spacial score (nSPS) is 15.5. The highest BCUT2D eigenvalue weighted by Gasteiger charge is 2.29. The Balaban J connectivity index is 1.53. The number of carbonyl (C=O) groups excluding carboxylic acids is 2. The third-order valence-corrected chi connectivity index (χ3v) is 4.85. The van der Waals surface area contributed by atoms with Crippen molar-refractivity contribution in [3.63, 3.8) is 0 Å². The van der Waals surface area contributed by atoms with Gasteiger partial charge in [0.25, 0.3) is 11.9 Å². The minimum atomic E-state index is -0.404. The second-order valence-corrected chi connectivity index (χ2v) is 7.02. The molecule has 0 aliphatic carbocycles. The van der Waals surface area contributed by atoms with Gasteiger partial charge in [0.15, 0.2) is 0 Å². The van der Waals surface area contributed by atoms with Gasteiger partial charge in [-0.05, 0) is 29.8 Å². The van der Waals surface area contributed by atoms with Crippen molar-refractivity contribution in [2.45, 2.75) is 12.5 Å². The summed E-state index contributed by atoms with van der Waals surface area (Å²) < 4.78 is 6.85. The zero-order chi connectivity index (χ0) is 21.1. The zero-order valence-electron chi connectivity index (χ0n) is 16.0. The molecule has 30 heavy (non-hydrogen) atoms. The number of carbonyl (C=O) groups is 2. The summed E-state index contributed by atoms with van der Waals surface area (Å²) in [5.41, 5.74) is 1.64. The Kier molecular flexibility index (Phi) is 5.49. The third-order valence-electron chi connectivity index (χ3n) is 4.60. The van der Waals surface area contributed by atoms with E-state index in [4.69, 9.17) is 16.3 Å². The predicted molar refractivity (Wildman–Crippen MR) is 114 cm³/mol. The predicted octanol–water partition coefficient (Wildman–Crippen LogP) is 3.52. The van der Waals surface area contributed by atoms with Gasteiger partial charge in [-0.2, -0.15) is 4.98 Å². The molecule has 152 valence electrons. The van der Waals surface area contributed by atoms with Crippen molar-refractivity contribution in [2.24, 2.45) is 0 Å². The summed E-state index contributed by atoms with van der Waals surface area (Å²) in [5, 5.41) is 10.3. The first kappa shape index (κ1) is 19.7. The molecule has 2 N–H and O–H groups in total. The van der Waals surface area contributed by atoms with Gasteiger partial charge < -0.3 is 4.74 Å². The highest BCUT2D eigenvalue weighted by Crippen LogP contribution is 2.30. The number of halogens is 1. The van der Waals surface area contributed by atoms with Crippen molar-refractivity contribution < 1.29 is 14.3 Å². The van der Waals surface area contributed by atoms with E-state index in [-0.39, 0.29) is 30.3 Å². The fourth-order valence-electron chi connectivity index (χ4n) is 3.18. The van der Waals surface area contributed by atoms with Crippen LogP contribution in [0.2, 0.25) is 5.02 Å². The quantitative estimate of drug-likeness (QED) is 0.612. The van der Waals surface area contributed by atoms with E-state index in [2.05, 4.69) is 20.7 Å². The van der Waals surface area contributed by atoms with Gasteiger partial charge in [0.2, 0.25) is 11.9 Å². The fourth-order valence-corrected chi connectivity index (χ4v) is 3.31. The molecular formula is C21H18ClN5O3. The van der Waals surface area contributed by atoms with Crippen molar-refractivity contribution in [2.75, 3.05) is 17.7 Å². The molecule has 4 rings (SSSR count). The van der Waals surface area contributed by atoms with Crippen molar-refractivity contribution in [1.29, 1.82) is 0 Å². The number of ether oxygens (including phenoxy) is 1. The average molecular weight is 424 g/mol. The molecule has 3 aromatic rings. The first-order valence-corrected chi connectivity index (χ1v) is 9.55. The Morgan fingerprint density at radius 2 is 2.03 bits per heavy atom. The lowest BCUT2D eigenvalue weighted by atomic mass is 10.0. The van der Waals surface area contributed by atoms with Crippen LogP contribution < -0.4 is 15.4 Å². The van der Waals surface area contributed by atoms with Crippen LogP contribution in [0.15, 0.2) is 54.6 Å². The maximum absolute atomic E-state index is 12.3. The highest BCUT2D eigenvalue weighted by atomic mass is 35.5. The molecule has 1 aliphatic rings. The Hall–Kier alpha value is -3.65. The minimum absolute atomic E-state index is 0.0980. The van der Waals surface area contributed by atoms with E-state index in [0.717, 1.165) is 11.1 Å². The maximum Gasteiger partial charge on any atom is 0.250 e. The summed E-state index contributed by atoms with van der Waals surface area (Å²) in [4.78, 5) is 28.6. The number of benzene rings is 2. The first-order chi connectivity index (χ1) is 14.5. The molecule has 0 saturated carbocycles. The third kappa shape index (κ3) is 4.18. The lowest BCUT2D eigenvalue weighted by Crippen LogP contribution is -2.29. The molecule has 1 aromatic heterocycles. The number of anilines is 2. The van der Waals surface area contributed by atoms with E-state index in [1.54, 1.807) is 30.0 Å². The van der Waals surface area contributed by atoms with Crippen molar-refractivity contribution in [3.8, 4) is 5.75 Å². The lowest BCUT2D eigenvalue weighted by molar-refractivity contribution is -0.117. The van der Waals surface area contributed by atoms with Gasteiger partial charge in [0.05, 0.1) is 19.6 Å². The summed E-state index contributed by atoms with van der Waals surface area (Å²) in [6.07, 6.45) is 3.22. The highest BCUT2D eigenvalue weighted by molar-refractivity contribution is 6.30. The number of hydrogen-bond donors (Lipinski definition) is 2. The molecule has 0 spiro atoms. The number of methoxy groups -OCH3 is 1. The van der Waals surface area contributed by atoms with Gasteiger partial charge in [-0.15, -0.1) is 5.10 Å². The van der Waals surface area contributed by atoms with E-state index in [1.165, 1.54) is 6.08 Å². The topological polar surface area (TPSA) is 98.1 Å². The molecule has 0 saturated heterocycles. The van der Waals surface area contributed by atoms with Crippen LogP contribution in [0.4, 0.5) is 11.9 Å². The van der Waals surface area contributed by atoms with E-state index >= 15 is 0 Å². The molecule has 1 aliphatic heterocycles. The molecular weight excluding hydrogens is 406 g/mol. The summed E-state index contributed by atoms with van der Waals surface area (Å²) in [6.45, 7) is 0. The van der Waals surface area contributed by atoms with Gasteiger partial charge >= 0.3 is 0 Å². The van der Waals surface area contributed by atoms with Gasteiger partial charge in [0.1, 0.15) is 5.75 Å². The molecule has 0 unspecified atom stereocenters. The number of nitrogens with zero attached hydrogens (tertiary/aromatic N) is 3. The van der Waals surface area contributed by atoms with Crippen LogP contribution in [0.5, 0.6) is 5.75 Å². The number of para-hydroxylation sites is 1. The number of rotatable bonds is 5. The summed E-state index contributed by atoms with van der Waals surface area (Å²) in [7, 11) is 1.57. The Morgan fingerprint density at radius 3 is 2.80 bits per heavy atom. The smallest absolute Gasteiger partial charge is 0.250 e. The van der Waals surface area contributed by atoms with Crippen molar-refractivity contribution in [3.05, 3.63) is 70.8 Å². The van der Waals surface area contributed by atoms with Crippen LogP contribution >= 0.6 is 11.6 Å². The van der Waals surface area contributed by atoms with Crippen LogP contribution in [-0.4, -0.2) is 33.7 Å². The van der Waals surface area contributed by atoms with Crippen LogP contribution in [-0.2, 0) is 9.59 Å². The average Bonchev–Trinajstić information content (AvgIpc) is 3.14. The molecule has 2 aromatic carbocycles. The molecule has 2 amide bonds. The zero-order valence-corrected chi connectivity index (χ0v) is 16.8. The number of nitrogens with one attached hydrogen (secondary N) is 2. The number of amides is 2. The molecule has 0 fully saturated rings. The van der Waals surface area contributed by atoms with Crippen LogP contribution in [0.1, 0.15) is 23.6 Å². The first-order valence-electron chi connectivity index (χ1n) is 9.17. The van der Waals surface area contributed by atoms with E-state index in [0.29, 0.717) is 10.8 Å². The number of fused-ring (bicyclic) bond motifs is 1. The second kappa shape index (κ2) is 8.38. The van der Waals surface area contributed by atoms with Crippen molar-refractivity contribution >= 4 is 41.4 Å². The molecule has 0 bridgehead atoms. The molecule has 2 heterocycles. The van der Waals surface area contributed by atoms with Crippen LogP contribution in [0.3, 0.4) is 0 Å². The Labute approximate surface area is 177 Å². The van der Waals surface area contributed by atoms with E-state index in [9.17, 15) is 9.59 Å². The second-order valence-electron chi connectivity index (χ2n) is 6.59. The standard InChI is InChI=1S/C21H18ClN5O3/c1-30-17-5-3-2-4-14(17)8-11-18(28)23-20-25-21-24-19(29)12-16(27(21)26-20)13-6-9-15(22)10-7-13/h2-11,16H,12H2,1H3,(H2,23,24,25,26,28,29)/b11-8+/t16-/m0/s1. The molecule has 0 radical (unpaired) electrons. The van der Waals surface area contributed by atoms with Gasteiger partial charge in [0, 0.05) is 16.7 Å². The largest absolute Gasteiger partial charge is 0.496 e. The molecule has 8 nitrogen and oxygen atoms in total. The van der Waals surface area contributed by atoms with E-state index in [1.807, 2.05) is 36.4 Å². The van der Waals surface area contributed by atoms with Crippen LogP contribution in [0, 0.1) is 0 Å².